The van der Waals surface area contributed by atoms with Gasteiger partial charge in [0.1, 0.15) is 5.75 Å². The fraction of sp³-hybridized carbons (Fsp3) is 0.222. The van der Waals surface area contributed by atoms with Gasteiger partial charge in [0.25, 0.3) is 0 Å². The molecule has 2 aromatic carbocycles. The van der Waals surface area contributed by atoms with Crippen LogP contribution in [0.3, 0.4) is 0 Å². The largest absolute Gasteiger partial charge is 0.482 e. The average molecular weight is 414 g/mol. The molecule has 0 fully saturated rings. The Morgan fingerprint density at radius 1 is 1.08 bits per heavy atom. The van der Waals surface area contributed by atoms with Crippen LogP contribution in [0.4, 0.5) is 5.69 Å². The molecule has 138 valence electrons. The monoisotopic (exact) mass is 413 g/mol. The second kappa shape index (κ2) is 10.3. The van der Waals surface area contributed by atoms with Gasteiger partial charge in [0.15, 0.2) is 6.61 Å². The van der Waals surface area contributed by atoms with Crippen LogP contribution < -0.4 is 10.1 Å². The molecule has 2 aromatic rings. The van der Waals surface area contributed by atoms with Gasteiger partial charge in [-0.3, -0.25) is 4.79 Å². The maximum atomic E-state index is 12.0. The fourth-order valence-electron chi connectivity index (χ4n) is 1.95. The van der Waals surface area contributed by atoms with Crippen molar-refractivity contribution in [2.24, 2.45) is 0 Å². The van der Waals surface area contributed by atoms with Gasteiger partial charge in [-0.15, -0.1) is 11.8 Å². The molecule has 0 atom stereocenters. The van der Waals surface area contributed by atoms with Crippen molar-refractivity contribution in [1.82, 2.24) is 0 Å². The zero-order chi connectivity index (χ0) is 18.9. The molecule has 0 saturated carbocycles. The van der Waals surface area contributed by atoms with Gasteiger partial charge in [0.2, 0.25) is 5.91 Å². The molecule has 0 unspecified atom stereocenters. The number of hydrogen-bond acceptors (Lipinski definition) is 5. The first-order valence-corrected chi connectivity index (χ1v) is 9.51. The molecule has 26 heavy (non-hydrogen) atoms. The Kier molecular flexibility index (Phi) is 8.09. The van der Waals surface area contributed by atoms with Crippen LogP contribution in [0, 0.1) is 0 Å². The van der Waals surface area contributed by atoms with Crippen molar-refractivity contribution in [3.05, 3.63) is 58.1 Å². The van der Waals surface area contributed by atoms with Crippen molar-refractivity contribution in [3.8, 4) is 5.75 Å². The fourth-order valence-corrected chi connectivity index (χ4v) is 3.51. The Morgan fingerprint density at radius 3 is 2.35 bits per heavy atom. The van der Waals surface area contributed by atoms with E-state index < -0.39 is 5.97 Å². The van der Waals surface area contributed by atoms with Crippen LogP contribution in [0.1, 0.15) is 5.56 Å². The van der Waals surface area contributed by atoms with Crippen LogP contribution in [0.2, 0.25) is 10.0 Å². The highest BCUT2D eigenvalue weighted by Gasteiger charge is 2.08. The molecule has 0 bridgehead atoms. The Bertz CT molecular complexity index is 748. The maximum absolute atomic E-state index is 12.0. The van der Waals surface area contributed by atoms with Crippen molar-refractivity contribution < 1.29 is 19.1 Å². The molecule has 1 N–H and O–H groups in total. The van der Waals surface area contributed by atoms with E-state index in [0.29, 0.717) is 27.2 Å². The second-order valence-electron chi connectivity index (χ2n) is 5.13. The number of nitrogens with one attached hydrogen (secondary N) is 1. The van der Waals surface area contributed by atoms with E-state index in [1.54, 1.807) is 42.5 Å². The number of thioether (sulfide) groups is 1. The van der Waals surface area contributed by atoms with Gasteiger partial charge in [-0.1, -0.05) is 29.3 Å². The number of anilines is 1. The zero-order valence-corrected chi connectivity index (χ0v) is 16.3. The first kappa shape index (κ1) is 20.4. The highest BCUT2D eigenvalue weighted by molar-refractivity contribution is 7.99. The van der Waals surface area contributed by atoms with E-state index in [1.807, 2.05) is 0 Å². The number of halogens is 2. The standard InChI is InChI=1S/C18H17Cl2NO4S/c1-24-18(23)9-25-13-7-5-12(6-8-13)21-17(22)11-26-10-14-15(19)3-2-4-16(14)20/h2-8H,9-11H2,1H3,(H,21,22). The molecule has 0 aliphatic carbocycles. The molecular weight excluding hydrogens is 397 g/mol. The van der Waals surface area contributed by atoms with Crippen LogP contribution in [0.5, 0.6) is 5.75 Å². The second-order valence-corrected chi connectivity index (χ2v) is 6.93. The summed E-state index contributed by atoms with van der Waals surface area (Å²) in [5.41, 5.74) is 1.46. The minimum Gasteiger partial charge on any atom is -0.482 e. The number of hydrogen-bond donors (Lipinski definition) is 1. The lowest BCUT2D eigenvalue weighted by atomic mass is 10.2. The Labute approximate surface area is 166 Å². The minimum atomic E-state index is -0.460. The third-order valence-corrected chi connectivity index (χ3v) is 4.93. The summed E-state index contributed by atoms with van der Waals surface area (Å²) in [7, 11) is 1.29. The predicted molar refractivity (Wildman–Crippen MR) is 105 cm³/mol. The normalized spacial score (nSPS) is 10.3. The third-order valence-electron chi connectivity index (χ3n) is 3.26. The van der Waals surface area contributed by atoms with Crippen LogP contribution >= 0.6 is 35.0 Å². The van der Waals surface area contributed by atoms with E-state index in [9.17, 15) is 9.59 Å². The smallest absolute Gasteiger partial charge is 0.343 e. The van der Waals surface area contributed by atoms with Gasteiger partial charge in [0, 0.05) is 21.5 Å². The van der Waals surface area contributed by atoms with E-state index in [2.05, 4.69) is 10.1 Å². The van der Waals surface area contributed by atoms with Crippen molar-refractivity contribution in [2.45, 2.75) is 5.75 Å². The topological polar surface area (TPSA) is 64.6 Å². The van der Waals surface area contributed by atoms with Gasteiger partial charge >= 0.3 is 5.97 Å². The molecule has 5 nitrogen and oxygen atoms in total. The first-order valence-electron chi connectivity index (χ1n) is 7.59. The Morgan fingerprint density at radius 2 is 1.73 bits per heavy atom. The SMILES string of the molecule is COC(=O)COc1ccc(NC(=O)CSCc2c(Cl)cccc2Cl)cc1. The Balaban J connectivity index is 1.78. The van der Waals surface area contributed by atoms with Crippen molar-refractivity contribution in [3.63, 3.8) is 0 Å². The number of methoxy groups -OCH3 is 1. The summed E-state index contributed by atoms with van der Waals surface area (Å²) < 4.78 is 9.73. The number of rotatable bonds is 8. The lowest BCUT2D eigenvalue weighted by Gasteiger charge is -2.09. The summed E-state index contributed by atoms with van der Waals surface area (Å²) >= 11 is 13.6. The third kappa shape index (κ3) is 6.44. The highest BCUT2D eigenvalue weighted by Crippen LogP contribution is 2.28. The number of esters is 1. The van der Waals surface area contributed by atoms with Crippen LogP contribution in [-0.2, 0) is 20.1 Å². The molecule has 0 aromatic heterocycles. The highest BCUT2D eigenvalue weighted by atomic mass is 35.5. The van der Waals surface area contributed by atoms with E-state index >= 15 is 0 Å². The first-order chi connectivity index (χ1) is 12.5. The Hall–Kier alpha value is -1.89. The van der Waals surface area contributed by atoms with Gasteiger partial charge in [0.05, 0.1) is 12.9 Å². The summed E-state index contributed by atoms with van der Waals surface area (Å²) in [6, 6.07) is 12.0. The molecule has 0 saturated heterocycles. The molecule has 0 aliphatic rings. The van der Waals surface area contributed by atoms with Crippen LogP contribution in [-0.4, -0.2) is 31.3 Å². The number of ether oxygens (including phenoxy) is 2. The van der Waals surface area contributed by atoms with Gasteiger partial charge in [-0.2, -0.15) is 0 Å². The lowest BCUT2D eigenvalue weighted by Crippen LogP contribution is -2.14. The summed E-state index contributed by atoms with van der Waals surface area (Å²) in [5.74, 6) is 0.726. The summed E-state index contributed by atoms with van der Waals surface area (Å²) in [4.78, 5) is 23.0. The quantitative estimate of drug-likeness (QED) is 0.648. The molecule has 0 heterocycles. The number of carbonyl (C=O) groups is 2. The molecule has 8 heteroatoms. The van der Waals surface area contributed by atoms with Crippen LogP contribution in [0.25, 0.3) is 0 Å². The average Bonchev–Trinajstić information content (AvgIpc) is 2.63. The van der Waals surface area contributed by atoms with E-state index in [4.69, 9.17) is 27.9 Å². The summed E-state index contributed by atoms with van der Waals surface area (Å²) in [6.45, 7) is -0.163. The van der Waals surface area contributed by atoms with Gasteiger partial charge < -0.3 is 14.8 Å². The van der Waals surface area contributed by atoms with Crippen LogP contribution in [0.15, 0.2) is 42.5 Å². The van der Waals surface area contributed by atoms with Crippen molar-refractivity contribution in [2.75, 3.05) is 24.8 Å². The number of amides is 1. The molecule has 0 spiro atoms. The summed E-state index contributed by atoms with van der Waals surface area (Å²) in [5, 5.41) is 3.97. The zero-order valence-electron chi connectivity index (χ0n) is 14.0. The molecular formula is C18H17Cl2NO4S. The van der Waals surface area contributed by atoms with Gasteiger partial charge in [-0.25, -0.2) is 4.79 Å². The molecule has 0 aliphatic heterocycles. The predicted octanol–water partition coefficient (Wildman–Crippen LogP) is 4.42. The lowest BCUT2D eigenvalue weighted by molar-refractivity contribution is -0.142. The minimum absolute atomic E-state index is 0.138. The van der Waals surface area contributed by atoms with Crippen molar-refractivity contribution in [1.29, 1.82) is 0 Å². The number of benzene rings is 2. The summed E-state index contributed by atoms with van der Waals surface area (Å²) in [6.07, 6.45) is 0. The van der Waals surface area contributed by atoms with E-state index in [-0.39, 0.29) is 18.3 Å². The van der Waals surface area contributed by atoms with Crippen molar-refractivity contribution >= 4 is 52.5 Å². The number of carbonyl (C=O) groups excluding carboxylic acids is 2. The molecule has 2 rings (SSSR count). The van der Waals surface area contributed by atoms with E-state index in [1.165, 1.54) is 18.9 Å². The van der Waals surface area contributed by atoms with E-state index in [0.717, 1.165) is 5.56 Å². The maximum Gasteiger partial charge on any atom is 0.343 e. The molecule has 0 radical (unpaired) electrons. The van der Waals surface area contributed by atoms with Gasteiger partial charge in [-0.05, 0) is 42.0 Å². The molecule has 1 amide bonds.